The van der Waals surface area contributed by atoms with Crippen LogP contribution in [-0.2, 0) is 4.79 Å². The van der Waals surface area contributed by atoms with Crippen LogP contribution < -0.4 is 11.1 Å². The fourth-order valence-corrected chi connectivity index (χ4v) is 2.79. The second-order valence-corrected chi connectivity index (χ2v) is 5.68. The van der Waals surface area contributed by atoms with Crippen LogP contribution in [0.1, 0.15) is 36.3 Å². The van der Waals surface area contributed by atoms with Crippen molar-refractivity contribution < 1.29 is 4.79 Å². The molecule has 1 aromatic rings. The van der Waals surface area contributed by atoms with Crippen LogP contribution in [0.5, 0.6) is 0 Å². The molecule has 1 saturated carbocycles. The SMILES string of the molecule is Cc1nc(NC(=O)C2(N)CCCC2)sc1C. The molecule has 1 aromatic heterocycles. The van der Waals surface area contributed by atoms with Crippen LogP contribution in [-0.4, -0.2) is 16.4 Å². The maximum absolute atomic E-state index is 12.0. The first kappa shape index (κ1) is 11.5. The monoisotopic (exact) mass is 239 g/mol. The van der Waals surface area contributed by atoms with Crippen molar-refractivity contribution in [2.45, 2.75) is 45.1 Å². The van der Waals surface area contributed by atoms with E-state index in [0.717, 1.165) is 36.3 Å². The number of thiazole rings is 1. The molecule has 1 aliphatic rings. The summed E-state index contributed by atoms with van der Waals surface area (Å²) in [6, 6.07) is 0. The average molecular weight is 239 g/mol. The summed E-state index contributed by atoms with van der Waals surface area (Å²) in [7, 11) is 0. The molecule has 1 fully saturated rings. The summed E-state index contributed by atoms with van der Waals surface area (Å²) < 4.78 is 0. The maximum atomic E-state index is 12.0. The molecule has 5 heteroatoms. The highest BCUT2D eigenvalue weighted by Crippen LogP contribution is 2.29. The molecule has 0 saturated heterocycles. The highest BCUT2D eigenvalue weighted by molar-refractivity contribution is 7.15. The second-order valence-electron chi connectivity index (χ2n) is 4.48. The molecule has 88 valence electrons. The predicted molar refractivity (Wildman–Crippen MR) is 65.6 cm³/mol. The number of nitrogens with zero attached hydrogens (tertiary/aromatic N) is 1. The van der Waals surface area contributed by atoms with E-state index in [9.17, 15) is 4.79 Å². The average Bonchev–Trinajstić information content (AvgIpc) is 2.76. The molecule has 3 N–H and O–H groups in total. The lowest BCUT2D eigenvalue weighted by atomic mass is 9.98. The Morgan fingerprint density at radius 1 is 1.44 bits per heavy atom. The van der Waals surface area contributed by atoms with E-state index in [1.54, 1.807) is 0 Å². The maximum Gasteiger partial charge on any atom is 0.246 e. The summed E-state index contributed by atoms with van der Waals surface area (Å²) in [4.78, 5) is 17.4. The van der Waals surface area contributed by atoms with E-state index in [0.29, 0.717) is 5.13 Å². The van der Waals surface area contributed by atoms with Crippen molar-refractivity contribution in [3.8, 4) is 0 Å². The first-order valence-corrected chi connectivity index (χ1v) is 6.37. The number of anilines is 1. The molecule has 16 heavy (non-hydrogen) atoms. The van der Waals surface area contributed by atoms with Gasteiger partial charge in [-0.3, -0.25) is 4.79 Å². The van der Waals surface area contributed by atoms with Crippen molar-refractivity contribution in [1.29, 1.82) is 0 Å². The summed E-state index contributed by atoms with van der Waals surface area (Å²) >= 11 is 1.50. The van der Waals surface area contributed by atoms with Gasteiger partial charge in [-0.1, -0.05) is 12.8 Å². The Bertz CT molecular complexity index is 388. The van der Waals surface area contributed by atoms with Crippen LogP contribution in [0.15, 0.2) is 0 Å². The Labute approximate surface area is 99.3 Å². The van der Waals surface area contributed by atoms with E-state index in [-0.39, 0.29) is 5.91 Å². The number of amides is 1. The molecule has 0 spiro atoms. The Kier molecular flexibility index (Phi) is 2.99. The molecule has 0 aliphatic heterocycles. The lowest BCUT2D eigenvalue weighted by molar-refractivity contribution is -0.121. The molecule has 0 aromatic carbocycles. The van der Waals surface area contributed by atoms with Gasteiger partial charge in [0.25, 0.3) is 0 Å². The van der Waals surface area contributed by atoms with Crippen LogP contribution in [0.2, 0.25) is 0 Å². The number of hydrogen-bond acceptors (Lipinski definition) is 4. The van der Waals surface area contributed by atoms with Crippen molar-refractivity contribution >= 4 is 22.4 Å². The van der Waals surface area contributed by atoms with Gasteiger partial charge in [0.15, 0.2) is 5.13 Å². The van der Waals surface area contributed by atoms with E-state index >= 15 is 0 Å². The van der Waals surface area contributed by atoms with Gasteiger partial charge in [0.1, 0.15) is 0 Å². The Morgan fingerprint density at radius 3 is 2.56 bits per heavy atom. The highest BCUT2D eigenvalue weighted by atomic mass is 32.1. The third kappa shape index (κ3) is 2.10. The molecule has 1 amide bonds. The zero-order chi connectivity index (χ0) is 11.8. The third-order valence-electron chi connectivity index (χ3n) is 3.20. The van der Waals surface area contributed by atoms with Gasteiger partial charge in [-0.2, -0.15) is 0 Å². The van der Waals surface area contributed by atoms with Crippen LogP contribution in [0.3, 0.4) is 0 Å². The Hall–Kier alpha value is -0.940. The normalized spacial score (nSPS) is 18.7. The standard InChI is InChI=1S/C11H17N3OS/c1-7-8(2)16-10(13-7)14-9(15)11(12)5-3-4-6-11/h3-6,12H2,1-2H3,(H,13,14,15). The largest absolute Gasteiger partial charge is 0.317 e. The minimum absolute atomic E-state index is 0.0845. The Balaban J connectivity index is 2.07. The molecule has 1 aliphatic carbocycles. The van der Waals surface area contributed by atoms with Gasteiger partial charge in [-0.25, -0.2) is 4.98 Å². The fourth-order valence-electron chi connectivity index (χ4n) is 1.98. The number of aromatic nitrogens is 1. The van der Waals surface area contributed by atoms with E-state index < -0.39 is 5.54 Å². The molecule has 0 bridgehead atoms. The van der Waals surface area contributed by atoms with Gasteiger partial charge in [0, 0.05) is 4.88 Å². The van der Waals surface area contributed by atoms with Gasteiger partial charge < -0.3 is 11.1 Å². The molecule has 1 heterocycles. The first-order chi connectivity index (χ1) is 7.51. The minimum atomic E-state index is -0.673. The molecular weight excluding hydrogens is 222 g/mol. The highest BCUT2D eigenvalue weighted by Gasteiger charge is 2.37. The first-order valence-electron chi connectivity index (χ1n) is 5.56. The third-order valence-corrected chi connectivity index (χ3v) is 4.19. The number of aryl methyl sites for hydroxylation is 2. The van der Waals surface area contributed by atoms with Crippen molar-refractivity contribution in [3.05, 3.63) is 10.6 Å². The lowest BCUT2D eigenvalue weighted by Gasteiger charge is -2.21. The number of nitrogens with two attached hydrogens (primary N) is 1. The second kappa shape index (κ2) is 4.14. The van der Waals surface area contributed by atoms with Crippen molar-refractivity contribution in [3.63, 3.8) is 0 Å². The summed E-state index contributed by atoms with van der Waals surface area (Å²) in [6.45, 7) is 3.94. The van der Waals surface area contributed by atoms with E-state index in [2.05, 4.69) is 10.3 Å². The van der Waals surface area contributed by atoms with Gasteiger partial charge in [0.05, 0.1) is 11.2 Å². The number of carbonyl (C=O) groups is 1. The summed E-state index contributed by atoms with van der Waals surface area (Å²) in [5.74, 6) is -0.0845. The van der Waals surface area contributed by atoms with Gasteiger partial charge in [-0.15, -0.1) is 11.3 Å². The molecular formula is C11H17N3OS. The number of nitrogens with one attached hydrogen (secondary N) is 1. The molecule has 0 unspecified atom stereocenters. The minimum Gasteiger partial charge on any atom is -0.317 e. The molecule has 4 nitrogen and oxygen atoms in total. The number of hydrogen-bond donors (Lipinski definition) is 2. The van der Waals surface area contributed by atoms with Crippen LogP contribution >= 0.6 is 11.3 Å². The molecule has 0 radical (unpaired) electrons. The van der Waals surface area contributed by atoms with Crippen molar-refractivity contribution in [1.82, 2.24) is 4.98 Å². The topological polar surface area (TPSA) is 68.0 Å². The summed E-state index contributed by atoms with van der Waals surface area (Å²) in [5.41, 5.74) is 6.36. The number of carbonyl (C=O) groups excluding carboxylic acids is 1. The van der Waals surface area contributed by atoms with Crippen LogP contribution in [0.25, 0.3) is 0 Å². The van der Waals surface area contributed by atoms with Crippen molar-refractivity contribution in [2.24, 2.45) is 5.73 Å². The summed E-state index contributed by atoms with van der Waals surface area (Å²) in [5, 5.41) is 3.49. The Morgan fingerprint density at radius 2 is 2.06 bits per heavy atom. The van der Waals surface area contributed by atoms with Crippen LogP contribution in [0.4, 0.5) is 5.13 Å². The van der Waals surface area contributed by atoms with E-state index in [1.807, 2.05) is 13.8 Å². The summed E-state index contributed by atoms with van der Waals surface area (Å²) in [6.07, 6.45) is 3.64. The zero-order valence-corrected chi connectivity index (χ0v) is 10.5. The predicted octanol–water partition coefficient (Wildman–Crippen LogP) is 1.97. The molecule has 2 rings (SSSR count). The zero-order valence-electron chi connectivity index (χ0n) is 9.67. The van der Waals surface area contributed by atoms with Gasteiger partial charge in [0.2, 0.25) is 5.91 Å². The quantitative estimate of drug-likeness (QED) is 0.829. The van der Waals surface area contributed by atoms with Crippen LogP contribution in [0, 0.1) is 13.8 Å². The van der Waals surface area contributed by atoms with E-state index in [4.69, 9.17) is 5.73 Å². The smallest absolute Gasteiger partial charge is 0.246 e. The van der Waals surface area contributed by atoms with Crippen molar-refractivity contribution in [2.75, 3.05) is 5.32 Å². The fraction of sp³-hybridized carbons (Fsp3) is 0.636. The lowest BCUT2D eigenvalue weighted by Crippen LogP contribution is -2.48. The van der Waals surface area contributed by atoms with Gasteiger partial charge in [-0.05, 0) is 26.7 Å². The van der Waals surface area contributed by atoms with E-state index in [1.165, 1.54) is 11.3 Å². The number of rotatable bonds is 2. The molecule has 0 atom stereocenters. The van der Waals surface area contributed by atoms with Gasteiger partial charge >= 0.3 is 0 Å².